The zero-order valence-electron chi connectivity index (χ0n) is 10.8. The summed E-state index contributed by atoms with van der Waals surface area (Å²) in [4.78, 5) is 19.7. The van der Waals surface area contributed by atoms with Gasteiger partial charge in [-0.25, -0.2) is 4.98 Å². The number of likely N-dealkylation sites (N-methyl/N-ethyl adjacent to an activating group) is 1. The van der Waals surface area contributed by atoms with Crippen LogP contribution in [-0.4, -0.2) is 34.1 Å². The molecule has 2 rings (SSSR count). The summed E-state index contributed by atoms with van der Waals surface area (Å²) >= 11 is 0. The smallest absolute Gasteiger partial charge is 0.261 e. The lowest BCUT2D eigenvalue weighted by atomic mass is 10.2. The number of amides is 1. The molecule has 100 valence electrons. The van der Waals surface area contributed by atoms with Gasteiger partial charge in [-0.3, -0.25) is 4.79 Å². The summed E-state index contributed by atoms with van der Waals surface area (Å²) in [6.45, 7) is 4.35. The van der Waals surface area contributed by atoms with Crippen LogP contribution in [0.4, 0.5) is 5.82 Å². The van der Waals surface area contributed by atoms with Crippen molar-refractivity contribution in [1.29, 1.82) is 0 Å². The van der Waals surface area contributed by atoms with Gasteiger partial charge in [-0.1, -0.05) is 5.16 Å². The minimum absolute atomic E-state index is 0.0965. The van der Waals surface area contributed by atoms with E-state index < -0.39 is 0 Å². The molecule has 0 saturated carbocycles. The van der Waals surface area contributed by atoms with Crippen molar-refractivity contribution in [2.45, 2.75) is 13.8 Å². The highest BCUT2D eigenvalue weighted by atomic mass is 16.5. The molecule has 0 atom stereocenters. The largest absolute Gasteiger partial charge is 0.360 e. The molecule has 0 aliphatic heterocycles. The maximum atomic E-state index is 11.4. The predicted octanol–water partition coefficient (Wildman–Crippen LogP) is 0.988. The Bertz CT molecular complexity index is 567. The lowest BCUT2D eigenvalue weighted by Gasteiger charge is -2.07. The fraction of sp³-hybridized carbons (Fsp3) is 0.333. The second-order valence-corrected chi connectivity index (χ2v) is 3.85. The maximum Gasteiger partial charge on any atom is 0.261 e. The van der Waals surface area contributed by atoms with Crippen molar-refractivity contribution in [2.24, 2.45) is 0 Å². The summed E-state index contributed by atoms with van der Waals surface area (Å²) in [5, 5.41) is 9.39. The molecule has 2 N–H and O–H groups in total. The molecule has 0 aliphatic carbocycles. The van der Waals surface area contributed by atoms with Gasteiger partial charge in [-0.15, -0.1) is 0 Å². The van der Waals surface area contributed by atoms with E-state index in [2.05, 4.69) is 25.8 Å². The molecule has 2 heterocycles. The maximum absolute atomic E-state index is 11.4. The third-order valence-electron chi connectivity index (χ3n) is 2.36. The van der Waals surface area contributed by atoms with Crippen LogP contribution in [0.5, 0.6) is 0 Å². The molecule has 0 unspecified atom stereocenters. The van der Waals surface area contributed by atoms with Gasteiger partial charge >= 0.3 is 0 Å². The van der Waals surface area contributed by atoms with Crippen molar-refractivity contribution in [3.8, 4) is 11.5 Å². The van der Waals surface area contributed by atoms with Gasteiger partial charge in [0.25, 0.3) is 5.89 Å². The number of aryl methyl sites for hydroxylation is 1. The van der Waals surface area contributed by atoms with Crippen molar-refractivity contribution in [2.75, 3.05) is 18.4 Å². The van der Waals surface area contributed by atoms with Gasteiger partial charge in [0.1, 0.15) is 5.82 Å². The Morgan fingerprint density at radius 3 is 3.00 bits per heavy atom. The van der Waals surface area contributed by atoms with Crippen LogP contribution in [0.1, 0.15) is 12.7 Å². The first kappa shape index (κ1) is 13.0. The van der Waals surface area contributed by atoms with Crippen LogP contribution in [0, 0.1) is 6.92 Å². The van der Waals surface area contributed by atoms with E-state index in [9.17, 15) is 4.79 Å². The van der Waals surface area contributed by atoms with Gasteiger partial charge < -0.3 is 15.2 Å². The van der Waals surface area contributed by atoms with Crippen LogP contribution in [-0.2, 0) is 4.79 Å². The Kier molecular flexibility index (Phi) is 4.07. The monoisotopic (exact) mass is 261 g/mol. The molecule has 1 amide bonds. The molecule has 0 spiro atoms. The number of carbonyl (C=O) groups excluding carboxylic acids is 1. The first-order valence-corrected chi connectivity index (χ1v) is 5.97. The first-order chi connectivity index (χ1) is 9.20. The summed E-state index contributed by atoms with van der Waals surface area (Å²) in [6.07, 6.45) is 1.63. The van der Waals surface area contributed by atoms with E-state index in [0.29, 0.717) is 29.6 Å². The number of nitrogens with zero attached hydrogens (tertiary/aromatic N) is 3. The number of hydrogen-bond acceptors (Lipinski definition) is 6. The van der Waals surface area contributed by atoms with E-state index in [1.807, 2.05) is 6.92 Å². The Morgan fingerprint density at radius 1 is 1.47 bits per heavy atom. The first-order valence-electron chi connectivity index (χ1n) is 5.97. The van der Waals surface area contributed by atoms with E-state index in [1.165, 1.54) is 0 Å². The molecule has 0 saturated heterocycles. The number of nitrogens with one attached hydrogen (secondary N) is 2. The third-order valence-corrected chi connectivity index (χ3v) is 2.36. The number of anilines is 1. The van der Waals surface area contributed by atoms with E-state index in [4.69, 9.17) is 4.52 Å². The molecular formula is C12H15N5O2. The van der Waals surface area contributed by atoms with Crippen LogP contribution in [0.15, 0.2) is 22.9 Å². The minimum Gasteiger partial charge on any atom is -0.360 e. The Labute approximate surface area is 110 Å². The molecule has 0 bridgehead atoms. The number of carbonyl (C=O) groups is 1. The minimum atomic E-state index is -0.0965. The molecule has 0 aliphatic rings. The molecule has 0 radical (unpaired) electrons. The van der Waals surface area contributed by atoms with Crippen LogP contribution in [0.2, 0.25) is 0 Å². The topological polar surface area (TPSA) is 92.9 Å². The van der Waals surface area contributed by atoms with Gasteiger partial charge in [0.05, 0.1) is 12.1 Å². The normalized spacial score (nSPS) is 10.2. The van der Waals surface area contributed by atoms with Gasteiger partial charge in [0.2, 0.25) is 5.91 Å². The van der Waals surface area contributed by atoms with Crippen molar-refractivity contribution < 1.29 is 9.32 Å². The van der Waals surface area contributed by atoms with Crippen LogP contribution in [0.3, 0.4) is 0 Å². The van der Waals surface area contributed by atoms with Gasteiger partial charge in [0, 0.05) is 12.7 Å². The highest BCUT2D eigenvalue weighted by Gasteiger charge is 2.12. The molecule has 2 aromatic heterocycles. The quantitative estimate of drug-likeness (QED) is 0.833. The molecule has 7 nitrogen and oxygen atoms in total. The third kappa shape index (κ3) is 3.27. The number of rotatable bonds is 5. The Morgan fingerprint density at radius 2 is 2.32 bits per heavy atom. The van der Waals surface area contributed by atoms with E-state index in [0.717, 1.165) is 0 Å². The van der Waals surface area contributed by atoms with Crippen molar-refractivity contribution in [3.63, 3.8) is 0 Å². The lowest BCUT2D eigenvalue weighted by molar-refractivity contribution is -0.119. The van der Waals surface area contributed by atoms with Crippen molar-refractivity contribution in [3.05, 3.63) is 24.2 Å². The molecule has 2 aromatic rings. The van der Waals surface area contributed by atoms with E-state index in [1.54, 1.807) is 25.3 Å². The standard InChI is InChI=1S/C12H15N5O2/c1-3-13-10(18)7-15-11-9(5-4-6-14-11)12-16-8(2)17-19-12/h4-6H,3,7H2,1-2H3,(H,13,18)(H,14,15). The van der Waals surface area contributed by atoms with E-state index in [-0.39, 0.29) is 12.5 Å². The zero-order valence-corrected chi connectivity index (χ0v) is 10.8. The average Bonchev–Trinajstić information content (AvgIpc) is 2.84. The van der Waals surface area contributed by atoms with E-state index >= 15 is 0 Å². The summed E-state index contributed by atoms with van der Waals surface area (Å²) < 4.78 is 5.10. The Hall–Kier alpha value is -2.44. The zero-order chi connectivity index (χ0) is 13.7. The summed E-state index contributed by atoms with van der Waals surface area (Å²) in [7, 11) is 0. The molecule has 0 fully saturated rings. The van der Waals surface area contributed by atoms with Gasteiger partial charge in [-0.2, -0.15) is 4.98 Å². The van der Waals surface area contributed by atoms with Crippen LogP contribution < -0.4 is 10.6 Å². The summed E-state index contributed by atoms with van der Waals surface area (Å²) in [5.74, 6) is 1.37. The van der Waals surface area contributed by atoms with Crippen LogP contribution >= 0.6 is 0 Å². The van der Waals surface area contributed by atoms with Gasteiger partial charge in [-0.05, 0) is 26.0 Å². The molecule has 0 aromatic carbocycles. The van der Waals surface area contributed by atoms with Gasteiger partial charge in [0.15, 0.2) is 5.82 Å². The van der Waals surface area contributed by atoms with Crippen molar-refractivity contribution >= 4 is 11.7 Å². The second kappa shape index (κ2) is 5.94. The fourth-order valence-corrected chi connectivity index (χ4v) is 1.55. The summed E-state index contributed by atoms with van der Waals surface area (Å²) in [5.41, 5.74) is 0.674. The lowest BCUT2D eigenvalue weighted by Crippen LogP contribution is -2.29. The van der Waals surface area contributed by atoms with Crippen LogP contribution in [0.25, 0.3) is 11.5 Å². The average molecular weight is 261 g/mol. The SMILES string of the molecule is CCNC(=O)CNc1ncccc1-c1nc(C)no1. The molecular weight excluding hydrogens is 246 g/mol. The van der Waals surface area contributed by atoms with Crippen molar-refractivity contribution in [1.82, 2.24) is 20.4 Å². The Balaban J connectivity index is 2.15. The highest BCUT2D eigenvalue weighted by Crippen LogP contribution is 2.23. The number of aromatic nitrogens is 3. The summed E-state index contributed by atoms with van der Waals surface area (Å²) in [6, 6.07) is 3.58. The molecule has 7 heteroatoms. The second-order valence-electron chi connectivity index (χ2n) is 3.85. The molecule has 19 heavy (non-hydrogen) atoms. The number of hydrogen-bond donors (Lipinski definition) is 2. The predicted molar refractivity (Wildman–Crippen MR) is 69.4 cm³/mol. The number of pyridine rings is 1. The highest BCUT2D eigenvalue weighted by molar-refractivity contribution is 5.81. The fourth-order valence-electron chi connectivity index (χ4n) is 1.55.